The Morgan fingerprint density at radius 3 is 2.38 bits per heavy atom. The molecule has 0 radical (unpaired) electrons. The van der Waals surface area contributed by atoms with Gasteiger partial charge in [-0.15, -0.1) is 0 Å². The quantitative estimate of drug-likeness (QED) is 0.754. The summed E-state index contributed by atoms with van der Waals surface area (Å²) in [4.78, 5) is 13.9. The Bertz CT molecular complexity index is 692. The second-order valence-electron chi connectivity index (χ2n) is 6.72. The Balaban J connectivity index is 1.94. The van der Waals surface area contributed by atoms with E-state index in [1.54, 1.807) is 12.1 Å². The third-order valence-electron chi connectivity index (χ3n) is 3.54. The first kappa shape index (κ1) is 19.2. The molecule has 1 aliphatic rings. The molecule has 0 aromatic heterocycles. The van der Waals surface area contributed by atoms with E-state index >= 15 is 0 Å². The summed E-state index contributed by atoms with van der Waals surface area (Å²) in [6.45, 7) is 7.26. The summed E-state index contributed by atoms with van der Waals surface area (Å²) in [6.07, 6.45) is 0. The van der Waals surface area contributed by atoms with Crippen molar-refractivity contribution >= 4 is 27.6 Å². The zero-order valence-electron chi connectivity index (χ0n) is 14.2. The first-order valence-electron chi connectivity index (χ1n) is 7.78. The van der Waals surface area contributed by atoms with Crippen LogP contribution in [0.2, 0.25) is 5.02 Å². The molecule has 24 heavy (non-hydrogen) atoms. The number of carbonyl (C=O) groups is 1. The highest BCUT2D eigenvalue weighted by atomic mass is 35.5. The van der Waals surface area contributed by atoms with Gasteiger partial charge in [0.2, 0.25) is 10.0 Å². The van der Waals surface area contributed by atoms with Crippen molar-refractivity contribution in [1.82, 2.24) is 9.21 Å². The first-order valence-corrected chi connectivity index (χ1v) is 9.60. The SMILES string of the molecule is CC(C)(C)OC(=O)CN1CCN(S(=O)(=O)c2cccc(Cl)c2)CC1. The average Bonchev–Trinajstić information content (AvgIpc) is 2.45. The molecule has 0 N–H and O–H groups in total. The van der Waals surface area contributed by atoms with E-state index in [1.807, 2.05) is 25.7 Å². The van der Waals surface area contributed by atoms with Crippen LogP contribution in [-0.2, 0) is 19.6 Å². The number of piperazine rings is 1. The van der Waals surface area contributed by atoms with Crippen LogP contribution in [0.3, 0.4) is 0 Å². The molecule has 1 aromatic carbocycles. The van der Waals surface area contributed by atoms with Crippen LogP contribution >= 0.6 is 11.6 Å². The molecule has 0 bridgehead atoms. The minimum atomic E-state index is -3.56. The van der Waals surface area contributed by atoms with Gasteiger partial charge in [-0.1, -0.05) is 17.7 Å². The van der Waals surface area contributed by atoms with Crippen LogP contribution in [0.1, 0.15) is 20.8 Å². The molecule has 134 valence electrons. The highest BCUT2D eigenvalue weighted by Gasteiger charge is 2.29. The molecular weight excluding hydrogens is 352 g/mol. The number of esters is 1. The van der Waals surface area contributed by atoms with E-state index in [9.17, 15) is 13.2 Å². The van der Waals surface area contributed by atoms with Gasteiger partial charge in [0.1, 0.15) is 5.60 Å². The summed E-state index contributed by atoms with van der Waals surface area (Å²) in [6, 6.07) is 6.24. The number of hydrogen-bond donors (Lipinski definition) is 0. The molecule has 0 saturated carbocycles. The van der Waals surface area contributed by atoms with Gasteiger partial charge in [0.15, 0.2) is 0 Å². The minimum Gasteiger partial charge on any atom is -0.459 e. The number of nitrogens with zero attached hydrogens (tertiary/aromatic N) is 2. The monoisotopic (exact) mass is 374 g/mol. The minimum absolute atomic E-state index is 0.169. The Labute approximate surface area is 148 Å². The van der Waals surface area contributed by atoms with E-state index in [-0.39, 0.29) is 17.4 Å². The standard InChI is InChI=1S/C16H23ClN2O4S/c1-16(2,3)23-15(20)12-18-7-9-19(10-8-18)24(21,22)14-6-4-5-13(17)11-14/h4-6,11H,7-10,12H2,1-3H3. The van der Waals surface area contributed by atoms with Crippen LogP contribution in [0.25, 0.3) is 0 Å². The molecular formula is C16H23ClN2O4S. The van der Waals surface area contributed by atoms with Gasteiger partial charge >= 0.3 is 5.97 Å². The van der Waals surface area contributed by atoms with Crippen LogP contribution in [0, 0.1) is 0 Å². The van der Waals surface area contributed by atoms with Gasteiger partial charge in [-0.05, 0) is 39.0 Å². The largest absolute Gasteiger partial charge is 0.459 e. The van der Waals surface area contributed by atoms with Crippen LogP contribution in [0.5, 0.6) is 0 Å². The van der Waals surface area contributed by atoms with Crippen molar-refractivity contribution in [2.45, 2.75) is 31.3 Å². The zero-order valence-corrected chi connectivity index (χ0v) is 15.7. The van der Waals surface area contributed by atoms with E-state index in [1.165, 1.54) is 16.4 Å². The smallest absolute Gasteiger partial charge is 0.320 e. The number of benzene rings is 1. The summed E-state index contributed by atoms with van der Waals surface area (Å²) < 4.78 is 31.9. The van der Waals surface area contributed by atoms with E-state index in [2.05, 4.69) is 0 Å². The molecule has 1 fully saturated rings. The number of ether oxygens (including phenoxy) is 1. The summed E-state index contributed by atoms with van der Waals surface area (Å²) in [5.74, 6) is -0.298. The normalized spacial score (nSPS) is 17.7. The van der Waals surface area contributed by atoms with Crippen molar-refractivity contribution in [1.29, 1.82) is 0 Å². The van der Waals surface area contributed by atoms with Crippen molar-refractivity contribution in [3.63, 3.8) is 0 Å². The molecule has 1 heterocycles. The lowest BCUT2D eigenvalue weighted by molar-refractivity contribution is -0.156. The van der Waals surface area contributed by atoms with E-state index in [0.29, 0.717) is 31.2 Å². The lowest BCUT2D eigenvalue weighted by Gasteiger charge is -2.33. The van der Waals surface area contributed by atoms with Gasteiger partial charge in [0, 0.05) is 31.2 Å². The fourth-order valence-electron chi connectivity index (χ4n) is 2.46. The Kier molecular flexibility index (Phi) is 5.91. The van der Waals surface area contributed by atoms with E-state index < -0.39 is 15.6 Å². The summed E-state index contributed by atoms with van der Waals surface area (Å²) in [5, 5.41) is 0.389. The highest BCUT2D eigenvalue weighted by molar-refractivity contribution is 7.89. The fraction of sp³-hybridized carbons (Fsp3) is 0.562. The van der Waals surface area contributed by atoms with Crippen molar-refractivity contribution in [2.75, 3.05) is 32.7 Å². The van der Waals surface area contributed by atoms with Crippen molar-refractivity contribution in [3.05, 3.63) is 29.3 Å². The van der Waals surface area contributed by atoms with Crippen LogP contribution in [0.4, 0.5) is 0 Å². The molecule has 1 aromatic rings. The molecule has 0 spiro atoms. The van der Waals surface area contributed by atoms with Crippen molar-refractivity contribution in [3.8, 4) is 0 Å². The molecule has 0 unspecified atom stereocenters. The highest BCUT2D eigenvalue weighted by Crippen LogP contribution is 2.21. The average molecular weight is 375 g/mol. The lowest BCUT2D eigenvalue weighted by Crippen LogP contribution is -2.50. The Morgan fingerprint density at radius 2 is 1.83 bits per heavy atom. The summed E-state index contributed by atoms with van der Waals surface area (Å²) in [5.41, 5.74) is -0.519. The molecule has 6 nitrogen and oxygen atoms in total. The van der Waals surface area contributed by atoms with Crippen molar-refractivity contribution < 1.29 is 17.9 Å². The predicted octanol–water partition coefficient (Wildman–Crippen LogP) is 1.99. The third-order valence-corrected chi connectivity index (χ3v) is 5.67. The van der Waals surface area contributed by atoms with Gasteiger partial charge in [-0.2, -0.15) is 4.31 Å². The Hall–Kier alpha value is -1.15. The molecule has 0 atom stereocenters. The van der Waals surface area contributed by atoms with Gasteiger partial charge in [0.05, 0.1) is 11.4 Å². The predicted molar refractivity (Wildman–Crippen MR) is 92.5 cm³/mol. The topological polar surface area (TPSA) is 66.9 Å². The number of carbonyl (C=O) groups excluding carboxylic acids is 1. The van der Waals surface area contributed by atoms with Gasteiger partial charge in [-0.3, -0.25) is 9.69 Å². The number of halogens is 1. The molecule has 1 aliphatic heterocycles. The van der Waals surface area contributed by atoms with E-state index in [0.717, 1.165) is 0 Å². The van der Waals surface area contributed by atoms with E-state index in [4.69, 9.17) is 16.3 Å². The molecule has 0 aliphatic carbocycles. The molecule has 0 amide bonds. The van der Waals surface area contributed by atoms with Gasteiger partial charge in [0.25, 0.3) is 0 Å². The maximum Gasteiger partial charge on any atom is 0.320 e. The molecule has 1 saturated heterocycles. The summed E-state index contributed by atoms with van der Waals surface area (Å²) in [7, 11) is -3.56. The van der Waals surface area contributed by atoms with Crippen LogP contribution in [0.15, 0.2) is 29.2 Å². The van der Waals surface area contributed by atoms with Gasteiger partial charge < -0.3 is 4.74 Å². The van der Waals surface area contributed by atoms with Gasteiger partial charge in [-0.25, -0.2) is 8.42 Å². The molecule has 2 rings (SSSR count). The second-order valence-corrected chi connectivity index (χ2v) is 9.10. The fourth-order valence-corrected chi connectivity index (χ4v) is 4.18. The molecule has 8 heteroatoms. The van der Waals surface area contributed by atoms with Crippen LogP contribution < -0.4 is 0 Å². The third kappa shape index (κ3) is 5.17. The Morgan fingerprint density at radius 1 is 1.21 bits per heavy atom. The number of rotatable bonds is 4. The number of sulfonamides is 1. The lowest BCUT2D eigenvalue weighted by atomic mass is 10.2. The first-order chi connectivity index (χ1) is 11.1. The second kappa shape index (κ2) is 7.39. The summed E-state index contributed by atoms with van der Waals surface area (Å²) >= 11 is 5.88. The maximum atomic E-state index is 12.6. The zero-order chi connectivity index (χ0) is 18.0. The number of hydrogen-bond acceptors (Lipinski definition) is 5. The van der Waals surface area contributed by atoms with Crippen molar-refractivity contribution in [2.24, 2.45) is 0 Å². The van der Waals surface area contributed by atoms with Crippen LogP contribution in [-0.4, -0.2) is 61.9 Å². The maximum absolute atomic E-state index is 12.6.